The van der Waals surface area contributed by atoms with Crippen molar-refractivity contribution >= 4 is 5.69 Å². The van der Waals surface area contributed by atoms with Gasteiger partial charge in [-0.2, -0.15) is 0 Å². The molecule has 1 aliphatic heterocycles. The SMILES string of the molecule is COc1cc(N2CCCCC2)c(OC)cc1CC1(N)CC1. The highest BCUT2D eigenvalue weighted by Gasteiger charge is 2.39. The zero-order valence-electron chi connectivity index (χ0n) is 13.2. The second-order valence-electron chi connectivity index (χ2n) is 6.42. The van der Waals surface area contributed by atoms with Crippen molar-refractivity contribution in [3.8, 4) is 11.5 Å². The molecule has 0 bridgehead atoms. The van der Waals surface area contributed by atoms with E-state index in [2.05, 4.69) is 17.0 Å². The Bertz CT molecular complexity index is 506. The van der Waals surface area contributed by atoms with E-state index in [4.69, 9.17) is 15.2 Å². The molecule has 0 spiro atoms. The second kappa shape index (κ2) is 5.76. The molecule has 1 aromatic carbocycles. The van der Waals surface area contributed by atoms with Gasteiger partial charge in [0.05, 0.1) is 19.9 Å². The lowest BCUT2D eigenvalue weighted by Gasteiger charge is -2.31. The van der Waals surface area contributed by atoms with Gasteiger partial charge in [-0.3, -0.25) is 0 Å². The maximum absolute atomic E-state index is 6.27. The van der Waals surface area contributed by atoms with Gasteiger partial charge in [-0.05, 0) is 50.2 Å². The van der Waals surface area contributed by atoms with Crippen LogP contribution in [0.5, 0.6) is 11.5 Å². The summed E-state index contributed by atoms with van der Waals surface area (Å²) < 4.78 is 11.2. The largest absolute Gasteiger partial charge is 0.496 e. The molecule has 4 heteroatoms. The van der Waals surface area contributed by atoms with Crippen molar-refractivity contribution < 1.29 is 9.47 Å². The van der Waals surface area contributed by atoms with E-state index >= 15 is 0 Å². The van der Waals surface area contributed by atoms with Gasteiger partial charge in [-0.25, -0.2) is 0 Å². The molecule has 0 unspecified atom stereocenters. The summed E-state index contributed by atoms with van der Waals surface area (Å²) in [5, 5.41) is 0. The van der Waals surface area contributed by atoms with Crippen molar-refractivity contribution in [2.75, 3.05) is 32.2 Å². The van der Waals surface area contributed by atoms with Crippen molar-refractivity contribution in [1.29, 1.82) is 0 Å². The molecule has 0 amide bonds. The molecule has 1 aromatic rings. The van der Waals surface area contributed by atoms with Crippen LogP contribution in [0.15, 0.2) is 12.1 Å². The molecule has 2 aliphatic rings. The van der Waals surface area contributed by atoms with E-state index < -0.39 is 0 Å². The number of benzene rings is 1. The Kier molecular flexibility index (Phi) is 3.98. The van der Waals surface area contributed by atoms with Crippen LogP contribution in [0.1, 0.15) is 37.7 Å². The maximum atomic E-state index is 6.27. The van der Waals surface area contributed by atoms with E-state index in [-0.39, 0.29) is 5.54 Å². The molecule has 0 aromatic heterocycles. The summed E-state index contributed by atoms with van der Waals surface area (Å²) in [5.74, 6) is 1.88. The third kappa shape index (κ3) is 3.10. The fourth-order valence-corrected chi connectivity index (χ4v) is 3.18. The summed E-state index contributed by atoms with van der Waals surface area (Å²) in [5.41, 5.74) is 8.56. The number of piperidine rings is 1. The van der Waals surface area contributed by atoms with Crippen molar-refractivity contribution in [2.45, 2.75) is 44.1 Å². The molecule has 2 fully saturated rings. The van der Waals surface area contributed by atoms with Crippen molar-refractivity contribution in [2.24, 2.45) is 5.73 Å². The molecule has 1 saturated heterocycles. The molecule has 1 saturated carbocycles. The minimum absolute atomic E-state index is 0.0229. The first kappa shape index (κ1) is 14.5. The van der Waals surface area contributed by atoms with Crippen LogP contribution >= 0.6 is 0 Å². The molecular formula is C17H26N2O2. The number of rotatable bonds is 5. The lowest BCUT2D eigenvalue weighted by molar-refractivity contribution is 0.395. The molecule has 1 aliphatic carbocycles. The van der Waals surface area contributed by atoms with Crippen LogP contribution in [0.3, 0.4) is 0 Å². The van der Waals surface area contributed by atoms with E-state index in [1.807, 2.05) is 0 Å². The Labute approximate surface area is 127 Å². The Hall–Kier alpha value is -1.42. The van der Waals surface area contributed by atoms with Gasteiger partial charge in [0.25, 0.3) is 0 Å². The molecule has 0 radical (unpaired) electrons. The van der Waals surface area contributed by atoms with Crippen LogP contribution in [-0.4, -0.2) is 32.8 Å². The lowest BCUT2D eigenvalue weighted by atomic mass is 10.0. The van der Waals surface area contributed by atoms with Gasteiger partial charge in [0.15, 0.2) is 0 Å². The van der Waals surface area contributed by atoms with Crippen molar-refractivity contribution in [3.63, 3.8) is 0 Å². The van der Waals surface area contributed by atoms with E-state index in [0.717, 1.165) is 55.1 Å². The van der Waals surface area contributed by atoms with Crippen LogP contribution < -0.4 is 20.1 Å². The predicted molar refractivity (Wildman–Crippen MR) is 85.5 cm³/mol. The standard InChI is InChI=1S/C17H26N2O2/c1-20-15-11-14(19-8-4-3-5-9-19)16(21-2)10-13(15)12-17(18)6-7-17/h10-11H,3-9,12,18H2,1-2H3. The first-order valence-electron chi connectivity index (χ1n) is 7.94. The minimum atomic E-state index is -0.0229. The number of hydrogen-bond acceptors (Lipinski definition) is 4. The fraction of sp³-hybridized carbons (Fsp3) is 0.647. The number of nitrogens with two attached hydrogens (primary N) is 1. The van der Waals surface area contributed by atoms with Crippen LogP contribution in [0.4, 0.5) is 5.69 Å². The Morgan fingerprint density at radius 3 is 2.29 bits per heavy atom. The van der Waals surface area contributed by atoms with Crippen LogP contribution in [0.2, 0.25) is 0 Å². The normalized spacial score (nSPS) is 20.2. The topological polar surface area (TPSA) is 47.7 Å². The molecule has 116 valence electrons. The van der Waals surface area contributed by atoms with E-state index in [1.165, 1.54) is 19.3 Å². The Morgan fingerprint density at radius 2 is 1.71 bits per heavy atom. The Morgan fingerprint density at radius 1 is 1.05 bits per heavy atom. The third-order valence-electron chi connectivity index (χ3n) is 4.71. The summed E-state index contributed by atoms with van der Waals surface area (Å²) in [4.78, 5) is 2.41. The smallest absolute Gasteiger partial charge is 0.142 e. The maximum Gasteiger partial charge on any atom is 0.142 e. The Balaban J connectivity index is 1.92. The average molecular weight is 290 g/mol. The van der Waals surface area contributed by atoms with Crippen LogP contribution in [0, 0.1) is 0 Å². The van der Waals surface area contributed by atoms with E-state index in [9.17, 15) is 0 Å². The molecule has 0 atom stereocenters. The molecule has 4 nitrogen and oxygen atoms in total. The van der Waals surface area contributed by atoms with Gasteiger partial charge >= 0.3 is 0 Å². The summed E-state index contributed by atoms with van der Waals surface area (Å²) in [6.07, 6.45) is 6.90. The second-order valence-corrected chi connectivity index (χ2v) is 6.42. The van der Waals surface area contributed by atoms with Gasteiger partial charge in [-0.15, -0.1) is 0 Å². The zero-order chi connectivity index (χ0) is 14.9. The first-order valence-corrected chi connectivity index (χ1v) is 7.94. The van der Waals surface area contributed by atoms with Crippen LogP contribution in [0.25, 0.3) is 0 Å². The van der Waals surface area contributed by atoms with Crippen molar-refractivity contribution in [1.82, 2.24) is 0 Å². The highest BCUT2D eigenvalue weighted by molar-refractivity contribution is 5.64. The monoisotopic (exact) mass is 290 g/mol. The molecular weight excluding hydrogens is 264 g/mol. The number of nitrogens with zero attached hydrogens (tertiary/aromatic N) is 1. The number of methoxy groups -OCH3 is 2. The molecule has 2 N–H and O–H groups in total. The molecule has 3 rings (SSSR count). The van der Waals surface area contributed by atoms with Gasteiger partial charge in [-0.1, -0.05) is 0 Å². The third-order valence-corrected chi connectivity index (χ3v) is 4.71. The van der Waals surface area contributed by atoms with E-state index in [1.54, 1.807) is 14.2 Å². The summed E-state index contributed by atoms with van der Waals surface area (Å²) >= 11 is 0. The van der Waals surface area contributed by atoms with Gasteiger partial charge in [0, 0.05) is 24.7 Å². The molecule has 1 heterocycles. The van der Waals surface area contributed by atoms with E-state index in [0.29, 0.717) is 0 Å². The van der Waals surface area contributed by atoms with Crippen molar-refractivity contribution in [3.05, 3.63) is 17.7 Å². The fourth-order valence-electron chi connectivity index (χ4n) is 3.18. The number of hydrogen-bond donors (Lipinski definition) is 1. The van der Waals surface area contributed by atoms with Gasteiger partial charge in [0.2, 0.25) is 0 Å². The first-order chi connectivity index (χ1) is 10.1. The number of ether oxygens (including phenoxy) is 2. The highest BCUT2D eigenvalue weighted by atomic mass is 16.5. The summed E-state index contributed by atoms with van der Waals surface area (Å²) in [6, 6.07) is 4.25. The highest BCUT2D eigenvalue weighted by Crippen LogP contribution is 2.42. The van der Waals surface area contributed by atoms with Crippen LogP contribution in [-0.2, 0) is 6.42 Å². The quantitative estimate of drug-likeness (QED) is 0.906. The average Bonchev–Trinajstić information content (AvgIpc) is 3.24. The number of anilines is 1. The predicted octanol–water partition coefficient (Wildman–Crippen LogP) is 2.73. The molecule has 21 heavy (non-hydrogen) atoms. The lowest BCUT2D eigenvalue weighted by Crippen LogP contribution is -2.30. The summed E-state index contributed by atoms with van der Waals surface area (Å²) in [6.45, 7) is 2.19. The summed E-state index contributed by atoms with van der Waals surface area (Å²) in [7, 11) is 3.48. The van der Waals surface area contributed by atoms with Gasteiger partial charge < -0.3 is 20.1 Å². The minimum Gasteiger partial charge on any atom is -0.496 e. The zero-order valence-corrected chi connectivity index (χ0v) is 13.2. The van der Waals surface area contributed by atoms with Gasteiger partial charge in [0.1, 0.15) is 11.5 Å².